The van der Waals surface area contributed by atoms with Crippen LogP contribution in [0.2, 0.25) is 0 Å². The number of hydrogen-bond donors (Lipinski definition) is 0. The number of rotatable bonds is 5. The Hall–Kier alpha value is -2.16. The second kappa shape index (κ2) is 9.21. The molecule has 1 aliphatic rings. The Morgan fingerprint density at radius 3 is 1.88 bits per heavy atom. The minimum Gasteiger partial charge on any atom is -0.463 e. The monoisotopic (exact) mass is 346 g/mol. The maximum Gasteiger partial charge on any atom is 0.303 e. The Morgan fingerprint density at radius 2 is 1.38 bits per heavy atom. The van der Waals surface area contributed by atoms with Gasteiger partial charge in [-0.25, -0.2) is 0 Å². The predicted molar refractivity (Wildman–Crippen MR) is 77.7 cm³/mol. The Balaban J connectivity index is 2.99. The molecule has 0 radical (unpaired) electrons. The molecule has 0 aromatic rings. The van der Waals surface area contributed by atoms with Crippen molar-refractivity contribution in [1.29, 1.82) is 0 Å². The fraction of sp³-hybridized carbons (Fsp3) is 0.733. The van der Waals surface area contributed by atoms with Crippen LogP contribution in [-0.4, -0.2) is 61.5 Å². The zero-order chi connectivity index (χ0) is 18.3. The highest BCUT2D eigenvalue weighted by Gasteiger charge is 2.42. The summed E-state index contributed by atoms with van der Waals surface area (Å²) in [6.07, 6.45) is -3.35. The fourth-order valence-electron chi connectivity index (χ4n) is 2.34. The highest BCUT2D eigenvalue weighted by atomic mass is 16.6. The van der Waals surface area contributed by atoms with Gasteiger partial charge in [-0.3, -0.25) is 19.2 Å². The molecule has 0 aliphatic carbocycles. The van der Waals surface area contributed by atoms with E-state index in [1.165, 1.54) is 27.7 Å². The summed E-state index contributed by atoms with van der Waals surface area (Å²) in [6.45, 7) is 4.70. The van der Waals surface area contributed by atoms with Gasteiger partial charge in [-0.05, 0) is 0 Å². The van der Waals surface area contributed by atoms with Crippen molar-refractivity contribution in [2.24, 2.45) is 0 Å². The molecule has 1 saturated heterocycles. The maximum absolute atomic E-state index is 11.4. The molecular formula is C15H22O9. The summed E-state index contributed by atoms with van der Waals surface area (Å²) in [7, 11) is 0. The molecule has 4 atom stereocenters. The maximum atomic E-state index is 11.4. The molecule has 0 aromatic carbocycles. The van der Waals surface area contributed by atoms with E-state index >= 15 is 0 Å². The van der Waals surface area contributed by atoms with Crippen LogP contribution in [0.4, 0.5) is 0 Å². The van der Waals surface area contributed by atoms with E-state index in [1.54, 1.807) is 0 Å². The second-order valence-corrected chi connectivity index (χ2v) is 5.36. The lowest BCUT2D eigenvalue weighted by atomic mass is 10.0. The van der Waals surface area contributed by atoms with Crippen LogP contribution in [-0.2, 0) is 42.9 Å². The highest BCUT2D eigenvalue weighted by Crippen LogP contribution is 2.24. The van der Waals surface area contributed by atoms with E-state index in [4.69, 9.17) is 23.7 Å². The smallest absolute Gasteiger partial charge is 0.303 e. The van der Waals surface area contributed by atoms with Gasteiger partial charge in [-0.1, -0.05) is 0 Å². The Labute approximate surface area is 139 Å². The first-order valence-electron chi connectivity index (χ1n) is 7.45. The van der Waals surface area contributed by atoms with Crippen molar-refractivity contribution in [2.75, 3.05) is 13.2 Å². The third kappa shape index (κ3) is 6.95. The van der Waals surface area contributed by atoms with Crippen molar-refractivity contribution in [3.8, 4) is 0 Å². The van der Waals surface area contributed by atoms with E-state index in [-0.39, 0.29) is 19.6 Å². The number of carbonyl (C=O) groups excluding carboxylic acids is 4. The van der Waals surface area contributed by atoms with Crippen molar-refractivity contribution in [2.45, 2.75) is 58.5 Å². The number of hydrogen-bond acceptors (Lipinski definition) is 9. The van der Waals surface area contributed by atoms with E-state index in [0.29, 0.717) is 0 Å². The normalized spacial score (nSPS) is 26.7. The van der Waals surface area contributed by atoms with E-state index in [1.807, 2.05) is 0 Å². The zero-order valence-electron chi connectivity index (χ0n) is 14.1. The number of carbonyl (C=O) groups is 4. The Kier molecular flexibility index (Phi) is 7.63. The molecule has 1 heterocycles. The van der Waals surface area contributed by atoms with Crippen LogP contribution < -0.4 is 0 Å². The molecule has 0 N–H and O–H groups in total. The SMILES string of the molecule is CC(=O)OCC1CC(OC(C)=O)C(OC(C)=O)C(OC(C)=O)CO1. The van der Waals surface area contributed by atoms with Crippen LogP contribution in [0.1, 0.15) is 34.1 Å². The summed E-state index contributed by atoms with van der Waals surface area (Å²) < 4.78 is 26.0. The Morgan fingerprint density at radius 1 is 0.833 bits per heavy atom. The lowest BCUT2D eigenvalue weighted by molar-refractivity contribution is -0.182. The van der Waals surface area contributed by atoms with Gasteiger partial charge >= 0.3 is 23.9 Å². The van der Waals surface area contributed by atoms with E-state index in [0.717, 1.165) is 0 Å². The molecule has 4 unspecified atom stereocenters. The largest absolute Gasteiger partial charge is 0.463 e. The molecule has 0 bridgehead atoms. The molecule has 9 heteroatoms. The van der Waals surface area contributed by atoms with Gasteiger partial charge in [-0.15, -0.1) is 0 Å². The molecule has 1 aliphatic heterocycles. The number of ether oxygens (including phenoxy) is 5. The van der Waals surface area contributed by atoms with Crippen LogP contribution in [0.25, 0.3) is 0 Å². The van der Waals surface area contributed by atoms with Crippen LogP contribution in [0.3, 0.4) is 0 Å². The molecule has 0 saturated carbocycles. The van der Waals surface area contributed by atoms with Crippen molar-refractivity contribution < 1.29 is 42.9 Å². The molecule has 1 fully saturated rings. The highest BCUT2D eigenvalue weighted by molar-refractivity contribution is 5.68. The summed E-state index contributed by atoms with van der Waals surface area (Å²) >= 11 is 0. The van der Waals surface area contributed by atoms with Crippen molar-refractivity contribution >= 4 is 23.9 Å². The quantitative estimate of drug-likeness (QED) is 0.506. The fourth-order valence-corrected chi connectivity index (χ4v) is 2.34. The topological polar surface area (TPSA) is 114 Å². The summed E-state index contributed by atoms with van der Waals surface area (Å²) in [5, 5.41) is 0. The summed E-state index contributed by atoms with van der Waals surface area (Å²) in [5.74, 6) is -2.29. The molecule has 0 spiro atoms. The Bertz CT molecular complexity index is 487. The lowest BCUT2D eigenvalue weighted by Gasteiger charge is -2.29. The van der Waals surface area contributed by atoms with Gasteiger partial charge in [0.15, 0.2) is 12.2 Å². The average Bonchev–Trinajstić information content (AvgIpc) is 2.57. The standard InChI is InChI=1S/C15H22O9/c1-8(16)20-6-12-5-13(22-9(2)17)15(24-11(4)19)14(7-21-12)23-10(3)18/h12-15H,5-7H2,1-4H3. The van der Waals surface area contributed by atoms with Crippen LogP contribution in [0.15, 0.2) is 0 Å². The summed E-state index contributed by atoms with van der Waals surface area (Å²) in [5.41, 5.74) is 0. The van der Waals surface area contributed by atoms with Gasteiger partial charge < -0.3 is 23.7 Å². The van der Waals surface area contributed by atoms with Crippen molar-refractivity contribution in [1.82, 2.24) is 0 Å². The van der Waals surface area contributed by atoms with Gasteiger partial charge in [0.2, 0.25) is 0 Å². The predicted octanol–water partition coefficient (Wildman–Crippen LogP) is 0.134. The molecule has 136 valence electrons. The van der Waals surface area contributed by atoms with Gasteiger partial charge in [0.05, 0.1) is 12.7 Å². The van der Waals surface area contributed by atoms with Gasteiger partial charge in [0.25, 0.3) is 0 Å². The van der Waals surface area contributed by atoms with Gasteiger partial charge in [0, 0.05) is 34.1 Å². The lowest BCUT2D eigenvalue weighted by Crippen LogP contribution is -2.45. The van der Waals surface area contributed by atoms with E-state index < -0.39 is 48.3 Å². The molecule has 1 rings (SSSR count). The summed E-state index contributed by atoms with van der Waals surface area (Å²) in [4.78, 5) is 45.0. The van der Waals surface area contributed by atoms with E-state index in [2.05, 4.69) is 0 Å². The zero-order valence-corrected chi connectivity index (χ0v) is 14.1. The second-order valence-electron chi connectivity index (χ2n) is 5.36. The molecule has 9 nitrogen and oxygen atoms in total. The van der Waals surface area contributed by atoms with Crippen LogP contribution in [0.5, 0.6) is 0 Å². The van der Waals surface area contributed by atoms with Crippen LogP contribution >= 0.6 is 0 Å². The molecule has 0 amide bonds. The third-order valence-corrected chi connectivity index (χ3v) is 3.13. The summed E-state index contributed by atoms with van der Waals surface area (Å²) in [6, 6.07) is 0. The van der Waals surface area contributed by atoms with Crippen molar-refractivity contribution in [3.63, 3.8) is 0 Å². The number of esters is 4. The average molecular weight is 346 g/mol. The van der Waals surface area contributed by atoms with Crippen LogP contribution in [0, 0.1) is 0 Å². The third-order valence-electron chi connectivity index (χ3n) is 3.13. The van der Waals surface area contributed by atoms with Gasteiger partial charge in [-0.2, -0.15) is 0 Å². The van der Waals surface area contributed by atoms with E-state index in [9.17, 15) is 19.2 Å². The molecular weight excluding hydrogens is 324 g/mol. The minimum atomic E-state index is -1.02. The first kappa shape index (κ1) is 19.9. The molecule has 0 aromatic heterocycles. The first-order chi connectivity index (χ1) is 11.2. The first-order valence-corrected chi connectivity index (χ1v) is 7.45. The molecule has 24 heavy (non-hydrogen) atoms. The minimum absolute atomic E-state index is 0.0628. The van der Waals surface area contributed by atoms with Crippen molar-refractivity contribution in [3.05, 3.63) is 0 Å². The van der Waals surface area contributed by atoms with Gasteiger partial charge in [0.1, 0.15) is 12.7 Å².